The van der Waals surface area contributed by atoms with Crippen LogP contribution in [-0.2, 0) is 9.53 Å². The van der Waals surface area contributed by atoms with Gasteiger partial charge in [0.2, 0.25) is 6.41 Å². The zero-order valence-corrected chi connectivity index (χ0v) is 20.6. The van der Waals surface area contributed by atoms with Crippen LogP contribution in [0.25, 0.3) is 16.7 Å². The van der Waals surface area contributed by atoms with E-state index in [4.69, 9.17) is 10.00 Å². The largest absolute Gasteiger partial charge is 0.372 e. The van der Waals surface area contributed by atoms with E-state index in [1.807, 2.05) is 62.5 Å². The summed E-state index contributed by atoms with van der Waals surface area (Å²) in [5.74, 6) is 0. The van der Waals surface area contributed by atoms with Gasteiger partial charge in [-0.25, -0.2) is 0 Å². The number of aryl methyl sites for hydroxylation is 1. The molecule has 1 fully saturated rings. The van der Waals surface area contributed by atoms with Gasteiger partial charge in [-0.05, 0) is 86.9 Å². The quantitative estimate of drug-likeness (QED) is 0.445. The normalized spacial score (nSPS) is 18.1. The molecule has 1 aliphatic heterocycles. The molecule has 0 radical (unpaired) electrons. The fourth-order valence-electron chi connectivity index (χ4n) is 4.69. The summed E-state index contributed by atoms with van der Waals surface area (Å²) in [7, 11) is 0. The van der Waals surface area contributed by atoms with E-state index < -0.39 is 0 Å². The topological polar surface area (TPSA) is 69.5 Å². The van der Waals surface area contributed by atoms with Crippen LogP contribution in [0, 0.1) is 18.3 Å². The van der Waals surface area contributed by atoms with Crippen molar-refractivity contribution in [1.29, 1.82) is 5.26 Å². The van der Waals surface area contributed by atoms with Crippen LogP contribution in [0.1, 0.15) is 37.6 Å². The first-order valence-corrected chi connectivity index (χ1v) is 11.8. The molecule has 0 saturated carbocycles. The molecule has 6 heteroatoms. The molecule has 35 heavy (non-hydrogen) atoms. The first-order chi connectivity index (χ1) is 16.9. The highest BCUT2D eigenvalue weighted by atomic mass is 16.5. The van der Waals surface area contributed by atoms with Crippen LogP contribution in [-0.4, -0.2) is 36.7 Å². The Morgan fingerprint density at radius 1 is 1.09 bits per heavy atom. The lowest BCUT2D eigenvalue weighted by Gasteiger charge is -2.37. The Hall–Kier alpha value is -3.95. The van der Waals surface area contributed by atoms with Gasteiger partial charge >= 0.3 is 0 Å². The van der Waals surface area contributed by atoms with Crippen LogP contribution in [0.2, 0.25) is 0 Å². The Morgan fingerprint density at radius 2 is 1.74 bits per heavy atom. The van der Waals surface area contributed by atoms with E-state index in [1.165, 1.54) is 0 Å². The molecule has 1 aliphatic rings. The highest BCUT2D eigenvalue weighted by molar-refractivity contribution is 5.87. The number of morpholine rings is 1. The molecule has 4 rings (SSSR count). The Balaban J connectivity index is 1.62. The number of anilines is 2. The standard InChI is InChI=1S/C29H30N4O2/c1-20(29-23(4)31-14-13-28(29)25-7-5-24(15-30)6-8-25)16-33(19-34)27-11-9-26(10-12-27)32-17-21(2)35-22(3)18-32/h5-14,16,19,21-22H,17-18H2,1-4H3/b20-16-. The fourth-order valence-corrected chi connectivity index (χ4v) is 4.69. The minimum atomic E-state index is 0.184. The predicted molar refractivity (Wildman–Crippen MR) is 140 cm³/mol. The van der Waals surface area contributed by atoms with E-state index in [1.54, 1.807) is 11.1 Å². The van der Waals surface area contributed by atoms with Crippen LogP contribution >= 0.6 is 0 Å². The Bertz CT molecular complexity index is 1250. The number of allylic oxidation sites excluding steroid dienone is 1. The molecule has 2 aromatic carbocycles. The highest BCUT2D eigenvalue weighted by Crippen LogP contribution is 2.32. The minimum Gasteiger partial charge on any atom is -0.372 e. The smallest absolute Gasteiger partial charge is 0.218 e. The number of hydrogen-bond donors (Lipinski definition) is 0. The lowest BCUT2D eigenvalue weighted by atomic mass is 9.94. The zero-order chi connectivity index (χ0) is 24.9. The van der Waals surface area contributed by atoms with Gasteiger partial charge in [0.05, 0.1) is 23.8 Å². The van der Waals surface area contributed by atoms with Crippen molar-refractivity contribution in [3.05, 3.63) is 83.8 Å². The van der Waals surface area contributed by atoms with Gasteiger partial charge in [0.25, 0.3) is 0 Å². The maximum atomic E-state index is 12.1. The van der Waals surface area contributed by atoms with Crippen molar-refractivity contribution in [3.8, 4) is 17.2 Å². The molecule has 2 atom stereocenters. The number of benzene rings is 2. The third-order valence-electron chi connectivity index (χ3n) is 6.24. The molecule has 0 bridgehead atoms. The lowest BCUT2D eigenvalue weighted by Crippen LogP contribution is -2.45. The third-order valence-corrected chi connectivity index (χ3v) is 6.24. The van der Waals surface area contributed by atoms with Crippen LogP contribution in [0.3, 0.4) is 0 Å². The average Bonchev–Trinajstić information content (AvgIpc) is 2.86. The molecule has 1 aromatic heterocycles. The summed E-state index contributed by atoms with van der Waals surface area (Å²) >= 11 is 0. The molecular weight excluding hydrogens is 436 g/mol. The predicted octanol–water partition coefficient (Wildman–Crippen LogP) is 5.57. The number of pyridine rings is 1. The monoisotopic (exact) mass is 466 g/mol. The summed E-state index contributed by atoms with van der Waals surface area (Å²) in [6.07, 6.45) is 4.82. The molecule has 2 unspecified atom stereocenters. The van der Waals surface area contributed by atoms with E-state index >= 15 is 0 Å². The van der Waals surface area contributed by atoms with Gasteiger partial charge in [-0.2, -0.15) is 5.26 Å². The number of amides is 1. The van der Waals surface area contributed by atoms with Crippen molar-refractivity contribution in [2.75, 3.05) is 22.9 Å². The molecule has 0 N–H and O–H groups in total. The van der Waals surface area contributed by atoms with E-state index in [-0.39, 0.29) is 12.2 Å². The van der Waals surface area contributed by atoms with Gasteiger partial charge in [0, 0.05) is 48.1 Å². The van der Waals surface area contributed by atoms with Crippen molar-refractivity contribution in [1.82, 2.24) is 4.98 Å². The van der Waals surface area contributed by atoms with Crippen LogP contribution < -0.4 is 9.80 Å². The van der Waals surface area contributed by atoms with E-state index in [9.17, 15) is 4.79 Å². The van der Waals surface area contributed by atoms with Gasteiger partial charge in [0.15, 0.2) is 0 Å². The Labute approximate surface area is 207 Å². The van der Waals surface area contributed by atoms with E-state index in [0.717, 1.165) is 58.8 Å². The summed E-state index contributed by atoms with van der Waals surface area (Å²) in [6, 6.07) is 19.7. The maximum absolute atomic E-state index is 12.1. The number of nitrogens with zero attached hydrogens (tertiary/aromatic N) is 4. The van der Waals surface area contributed by atoms with Crippen molar-refractivity contribution < 1.29 is 9.53 Å². The lowest BCUT2D eigenvalue weighted by molar-refractivity contribution is -0.106. The first kappa shape index (κ1) is 24.2. The van der Waals surface area contributed by atoms with Crippen LogP contribution in [0.5, 0.6) is 0 Å². The van der Waals surface area contributed by atoms with Crippen LogP contribution in [0.4, 0.5) is 11.4 Å². The second-order valence-electron chi connectivity index (χ2n) is 9.01. The molecule has 3 aromatic rings. The molecule has 6 nitrogen and oxygen atoms in total. The summed E-state index contributed by atoms with van der Waals surface area (Å²) in [5, 5.41) is 9.12. The molecule has 0 spiro atoms. The third kappa shape index (κ3) is 5.42. The molecule has 0 aliphatic carbocycles. The van der Waals surface area contributed by atoms with Crippen molar-refractivity contribution >= 4 is 23.4 Å². The van der Waals surface area contributed by atoms with Gasteiger partial charge in [-0.15, -0.1) is 0 Å². The number of aromatic nitrogens is 1. The van der Waals surface area contributed by atoms with Gasteiger partial charge in [0.1, 0.15) is 0 Å². The highest BCUT2D eigenvalue weighted by Gasteiger charge is 2.22. The molecule has 178 valence electrons. The summed E-state index contributed by atoms with van der Waals surface area (Å²) in [4.78, 5) is 20.5. The van der Waals surface area contributed by atoms with Gasteiger partial charge in [-0.3, -0.25) is 14.7 Å². The Kier molecular flexibility index (Phi) is 7.28. The van der Waals surface area contributed by atoms with Gasteiger partial charge in [-0.1, -0.05) is 12.1 Å². The number of carbonyl (C=O) groups excluding carboxylic acids is 1. The van der Waals surface area contributed by atoms with Crippen LogP contribution in [0.15, 0.2) is 67.0 Å². The molecule has 1 amide bonds. The fraction of sp³-hybridized carbons (Fsp3) is 0.276. The second-order valence-corrected chi connectivity index (χ2v) is 9.01. The number of ether oxygens (including phenoxy) is 1. The Morgan fingerprint density at radius 3 is 2.34 bits per heavy atom. The van der Waals surface area contributed by atoms with Crippen molar-refractivity contribution in [2.24, 2.45) is 0 Å². The number of rotatable bonds is 6. The maximum Gasteiger partial charge on any atom is 0.218 e. The van der Waals surface area contributed by atoms with E-state index in [0.29, 0.717) is 5.56 Å². The van der Waals surface area contributed by atoms with E-state index in [2.05, 4.69) is 41.9 Å². The zero-order valence-electron chi connectivity index (χ0n) is 20.6. The average molecular weight is 467 g/mol. The SMILES string of the molecule is C/C(=C/N(C=O)c1ccc(N2CC(C)OC(C)C2)cc1)c1c(-c2ccc(C#N)cc2)ccnc1C. The van der Waals surface area contributed by atoms with Crippen molar-refractivity contribution in [2.45, 2.75) is 39.9 Å². The summed E-state index contributed by atoms with van der Waals surface area (Å²) in [6.45, 7) is 9.82. The number of nitriles is 1. The second kappa shape index (κ2) is 10.5. The van der Waals surface area contributed by atoms with Gasteiger partial charge < -0.3 is 9.64 Å². The molecule has 2 heterocycles. The first-order valence-electron chi connectivity index (χ1n) is 11.8. The van der Waals surface area contributed by atoms with Crippen molar-refractivity contribution in [3.63, 3.8) is 0 Å². The summed E-state index contributed by atoms with van der Waals surface area (Å²) < 4.78 is 5.84. The number of hydrogen-bond acceptors (Lipinski definition) is 5. The molecular formula is C29H30N4O2. The molecule has 1 saturated heterocycles. The number of carbonyl (C=O) groups is 1. The summed E-state index contributed by atoms with van der Waals surface area (Å²) in [5.41, 5.74) is 7.29. The minimum absolute atomic E-state index is 0.184.